The average Bonchev–Trinajstić information content (AvgIpc) is 2.88. The Morgan fingerprint density at radius 1 is 1.17 bits per heavy atom. The molecule has 3 rings (SSSR count). The number of nitrogens with zero attached hydrogens (tertiary/aromatic N) is 1. The van der Waals surface area contributed by atoms with Crippen LogP contribution in [0.15, 0.2) is 29.2 Å². The first-order valence-corrected chi connectivity index (χ1v) is 9.80. The Morgan fingerprint density at radius 3 is 2.41 bits per heavy atom. The van der Waals surface area contributed by atoms with E-state index in [2.05, 4.69) is 0 Å². The van der Waals surface area contributed by atoms with Crippen molar-refractivity contribution >= 4 is 29.5 Å². The Labute approximate surface area is 171 Å². The van der Waals surface area contributed by atoms with Crippen LogP contribution in [0.25, 0.3) is 10.9 Å². The van der Waals surface area contributed by atoms with Crippen molar-refractivity contribution < 1.29 is 23.6 Å². The normalized spacial score (nSPS) is 17.7. The van der Waals surface area contributed by atoms with E-state index in [4.69, 9.17) is 18.8 Å². The van der Waals surface area contributed by atoms with Crippen LogP contribution in [0.3, 0.4) is 0 Å². The van der Waals surface area contributed by atoms with E-state index in [-0.39, 0.29) is 17.6 Å². The van der Waals surface area contributed by atoms with Gasteiger partial charge in [-0.3, -0.25) is 4.79 Å². The second-order valence-corrected chi connectivity index (χ2v) is 8.14. The Kier molecular flexibility index (Phi) is 5.90. The van der Waals surface area contributed by atoms with Crippen LogP contribution >= 0.6 is 0 Å². The molecule has 1 aromatic heterocycles. The SMILES string of the molecule is CCOC(=O)c1cn(CCOC)c2ccc(B3OC(C)(C)C(C)(C)O3)cc2c1=O. The van der Waals surface area contributed by atoms with Gasteiger partial charge in [-0.15, -0.1) is 0 Å². The summed E-state index contributed by atoms with van der Waals surface area (Å²) in [5.41, 5.74) is 0.0933. The number of carbonyl (C=O) groups excluding carboxylic acids is 1. The Morgan fingerprint density at radius 2 is 1.83 bits per heavy atom. The van der Waals surface area contributed by atoms with Gasteiger partial charge in [-0.05, 0) is 52.2 Å². The van der Waals surface area contributed by atoms with Crippen LogP contribution in [0, 0.1) is 0 Å². The van der Waals surface area contributed by atoms with E-state index in [1.165, 1.54) is 6.20 Å². The molecule has 29 heavy (non-hydrogen) atoms. The highest BCUT2D eigenvalue weighted by Crippen LogP contribution is 2.36. The third kappa shape index (κ3) is 3.97. The van der Waals surface area contributed by atoms with Gasteiger partial charge in [0, 0.05) is 25.2 Å². The summed E-state index contributed by atoms with van der Waals surface area (Å²) >= 11 is 0. The molecule has 0 saturated carbocycles. The summed E-state index contributed by atoms with van der Waals surface area (Å²) in [5.74, 6) is -0.633. The molecule has 0 bridgehead atoms. The number of rotatable bonds is 6. The quantitative estimate of drug-likeness (QED) is 0.545. The predicted octanol–water partition coefficient (Wildman–Crippen LogP) is 2.12. The zero-order valence-electron chi connectivity index (χ0n) is 17.9. The molecule has 1 aliphatic heterocycles. The van der Waals surface area contributed by atoms with E-state index in [0.717, 1.165) is 5.46 Å². The predicted molar refractivity (Wildman–Crippen MR) is 112 cm³/mol. The van der Waals surface area contributed by atoms with E-state index in [0.29, 0.717) is 24.1 Å². The molecule has 2 heterocycles. The van der Waals surface area contributed by atoms with Crippen molar-refractivity contribution in [2.75, 3.05) is 20.3 Å². The summed E-state index contributed by atoms with van der Waals surface area (Å²) in [6, 6.07) is 5.48. The van der Waals surface area contributed by atoms with Gasteiger partial charge < -0.3 is 23.3 Å². The highest BCUT2D eigenvalue weighted by Gasteiger charge is 2.51. The lowest BCUT2D eigenvalue weighted by molar-refractivity contribution is 0.00578. The van der Waals surface area contributed by atoms with Crippen molar-refractivity contribution in [2.45, 2.75) is 52.4 Å². The molecular weight excluding hydrogens is 373 g/mol. The molecule has 8 heteroatoms. The van der Waals surface area contributed by atoms with Crippen molar-refractivity contribution in [1.82, 2.24) is 4.57 Å². The van der Waals surface area contributed by atoms with Gasteiger partial charge in [-0.25, -0.2) is 4.79 Å². The van der Waals surface area contributed by atoms with E-state index in [1.807, 2.05) is 44.4 Å². The van der Waals surface area contributed by atoms with Crippen LogP contribution < -0.4 is 10.9 Å². The van der Waals surface area contributed by atoms with Gasteiger partial charge in [0.1, 0.15) is 5.56 Å². The molecule has 0 amide bonds. The minimum absolute atomic E-state index is 0.00141. The number of pyridine rings is 1. The number of methoxy groups -OCH3 is 1. The van der Waals surface area contributed by atoms with Gasteiger partial charge >= 0.3 is 13.1 Å². The monoisotopic (exact) mass is 401 g/mol. The minimum atomic E-state index is -0.633. The van der Waals surface area contributed by atoms with E-state index >= 15 is 0 Å². The van der Waals surface area contributed by atoms with Gasteiger partial charge in [0.2, 0.25) is 5.43 Å². The molecule has 0 spiro atoms. The number of ether oxygens (including phenoxy) is 2. The maximum Gasteiger partial charge on any atom is 0.494 e. The molecule has 2 aromatic rings. The van der Waals surface area contributed by atoms with Gasteiger partial charge in [0.15, 0.2) is 0 Å². The molecule has 1 aromatic carbocycles. The smallest absolute Gasteiger partial charge is 0.462 e. The van der Waals surface area contributed by atoms with Crippen LogP contribution in [0.4, 0.5) is 0 Å². The zero-order chi connectivity index (χ0) is 21.4. The molecule has 1 fully saturated rings. The molecular formula is C21H28BNO6. The van der Waals surface area contributed by atoms with Crippen molar-refractivity contribution in [3.63, 3.8) is 0 Å². The number of hydrogen-bond donors (Lipinski definition) is 0. The molecule has 1 saturated heterocycles. The Hall–Kier alpha value is -2.16. The van der Waals surface area contributed by atoms with Crippen LogP contribution in [-0.4, -0.2) is 49.2 Å². The Balaban J connectivity index is 2.12. The number of hydrogen-bond acceptors (Lipinski definition) is 6. The van der Waals surface area contributed by atoms with Gasteiger partial charge in [-0.2, -0.15) is 0 Å². The fourth-order valence-corrected chi connectivity index (χ4v) is 3.27. The molecule has 0 aliphatic carbocycles. The third-order valence-corrected chi connectivity index (χ3v) is 5.66. The third-order valence-electron chi connectivity index (χ3n) is 5.66. The lowest BCUT2D eigenvalue weighted by atomic mass is 9.78. The summed E-state index contributed by atoms with van der Waals surface area (Å²) in [5, 5.41) is 0.416. The number of carbonyl (C=O) groups is 1. The van der Waals surface area contributed by atoms with E-state index in [9.17, 15) is 9.59 Å². The maximum absolute atomic E-state index is 13.1. The zero-order valence-corrected chi connectivity index (χ0v) is 17.9. The van der Waals surface area contributed by atoms with Gasteiger partial charge in [0.25, 0.3) is 0 Å². The number of aromatic nitrogens is 1. The molecule has 0 unspecified atom stereocenters. The van der Waals surface area contributed by atoms with Crippen LogP contribution in [0.5, 0.6) is 0 Å². The topological polar surface area (TPSA) is 76.0 Å². The summed E-state index contributed by atoms with van der Waals surface area (Å²) in [6.45, 7) is 10.8. The van der Waals surface area contributed by atoms with Crippen LogP contribution in [0.1, 0.15) is 45.0 Å². The number of fused-ring (bicyclic) bond motifs is 1. The minimum Gasteiger partial charge on any atom is -0.462 e. The van der Waals surface area contributed by atoms with E-state index < -0.39 is 24.3 Å². The second-order valence-electron chi connectivity index (χ2n) is 8.14. The van der Waals surface area contributed by atoms with Gasteiger partial charge in [-0.1, -0.05) is 6.07 Å². The highest BCUT2D eigenvalue weighted by atomic mass is 16.7. The van der Waals surface area contributed by atoms with Crippen molar-refractivity contribution in [1.29, 1.82) is 0 Å². The lowest BCUT2D eigenvalue weighted by Crippen LogP contribution is -2.41. The summed E-state index contributed by atoms with van der Waals surface area (Å²) in [6.07, 6.45) is 1.54. The fraction of sp³-hybridized carbons (Fsp3) is 0.524. The summed E-state index contributed by atoms with van der Waals surface area (Å²) in [7, 11) is 1.01. The maximum atomic E-state index is 13.1. The lowest BCUT2D eigenvalue weighted by Gasteiger charge is -2.32. The van der Waals surface area contributed by atoms with Crippen molar-refractivity contribution in [2.24, 2.45) is 0 Å². The molecule has 0 atom stereocenters. The van der Waals surface area contributed by atoms with E-state index in [1.54, 1.807) is 20.1 Å². The first kappa shape index (κ1) is 21.6. The second kappa shape index (κ2) is 7.93. The van der Waals surface area contributed by atoms with Crippen molar-refractivity contribution in [3.05, 3.63) is 40.2 Å². The van der Waals surface area contributed by atoms with Crippen molar-refractivity contribution in [3.8, 4) is 0 Å². The summed E-state index contributed by atoms with van der Waals surface area (Å²) in [4.78, 5) is 25.4. The van der Waals surface area contributed by atoms with Gasteiger partial charge in [0.05, 0.1) is 29.9 Å². The highest BCUT2D eigenvalue weighted by molar-refractivity contribution is 6.62. The number of esters is 1. The summed E-state index contributed by atoms with van der Waals surface area (Å²) < 4.78 is 24.3. The first-order chi connectivity index (χ1) is 13.6. The fourth-order valence-electron chi connectivity index (χ4n) is 3.27. The Bertz CT molecular complexity index is 965. The number of benzene rings is 1. The standard InChI is InChI=1S/C21H28BNO6/c1-7-27-19(25)16-13-23(10-11-26-6)17-9-8-14(12-15(17)18(16)24)22-28-20(2,3)21(4,5)29-22/h8-9,12-13H,7,10-11H2,1-6H3. The molecule has 0 N–H and O–H groups in total. The van der Waals surface area contributed by atoms with Crippen LogP contribution in [0.2, 0.25) is 0 Å². The molecule has 1 aliphatic rings. The van der Waals surface area contributed by atoms with Crippen LogP contribution in [-0.2, 0) is 25.3 Å². The molecule has 0 radical (unpaired) electrons. The first-order valence-electron chi connectivity index (χ1n) is 9.80. The largest absolute Gasteiger partial charge is 0.494 e. The average molecular weight is 401 g/mol. The molecule has 156 valence electrons. The molecule has 7 nitrogen and oxygen atoms in total.